The maximum absolute atomic E-state index is 4.25. The lowest BCUT2D eigenvalue weighted by atomic mass is 10.1. The number of benzene rings is 1. The first-order valence-electron chi connectivity index (χ1n) is 4.90. The third-order valence-electron chi connectivity index (χ3n) is 2.19. The molecule has 3 nitrogen and oxygen atoms in total. The van der Waals surface area contributed by atoms with E-state index < -0.39 is 0 Å². The smallest absolute Gasteiger partial charge is 0.0885 e. The second-order valence-electron chi connectivity index (χ2n) is 3.32. The first-order chi connectivity index (χ1) is 7.40. The van der Waals surface area contributed by atoms with Crippen LogP contribution in [-0.4, -0.2) is 17.0 Å². The molecule has 0 saturated heterocycles. The molecule has 1 N–H and O–H groups in total. The van der Waals surface area contributed by atoms with Crippen molar-refractivity contribution in [3.05, 3.63) is 48.4 Å². The second-order valence-corrected chi connectivity index (χ2v) is 3.32. The van der Waals surface area contributed by atoms with Crippen LogP contribution in [0.3, 0.4) is 0 Å². The maximum Gasteiger partial charge on any atom is 0.0885 e. The average molecular weight is 199 g/mol. The zero-order chi connectivity index (χ0) is 10.5. The molecule has 2 rings (SSSR count). The standard InChI is InChI=1S/C12H13N3/c1-13-8-10-2-4-11(5-3-10)12-9-14-6-7-15-12/h2-7,9,13H,8H2,1H3. The van der Waals surface area contributed by atoms with Gasteiger partial charge in [-0.05, 0) is 12.6 Å². The Balaban J connectivity index is 2.24. The van der Waals surface area contributed by atoms with Crippen LogP contribution in [0.1, 0.15) is 5.56 Å². The fraction of sp³-hybridized carbons (Fsp3) is 0.167. The molecule has 0 aliphatic carbocycles. The molecule has 0 atom stereocenters. The van der Waals surface area contributed by atoms with Crippen LogP contribution in [0, 0.1) is 0 Å². The molecule has 0 amide bonds. The lowest BCUT2D eigenvalue weighted by Gasteiger charge is -2.02. The van der Waals surface area contributed by atoms with Gasteiger partial charge in [-0.25, -0.2) is 0 Å². The molecule has 3 heteroatoms. The quantitative estimate of drug-likeness (QED) is 0.820. The highest BCUT2D eigenvalue weighted by molar-refractivity contribution is 5.57. The predicted molar refractivity (Wildman–Crippen MR) is 60.2 cm³/mol. The molecule has 1 aromatic heterocycles. The first kappa shape index (κ1) is 9.80. The largest absolute Gasteiger partial charge is 0.316 e. The minimum absolute atomic E-state index is 0.890. The minimum atomic E-state index is 0.890. The van der Waals surface area contributed by atoms with Gasteiger partial charge < -0.3 is 5.32 Å². The summed E-state index contributed by atoms with van der Waals surface area (Å²) in [4.78, 5) is 8.29. The van der Waals surface area contributed by atoms with Gasteiger partial charge in [0.15, 0.2) is 0 Å². The van der Waals surface area contributed by atoms with Crippen LogP contribution < -0.4 is 5.32 Å². The van der Waals surface area contributed by atoms with Crippen molar-refractivity contribution in [3.63, 3.8) is 0 Å². The summed E-state index contributed by atoms with van der Waals surface area (Å²) in [5.41, 5.74) is 3.28. The molecule has 0 aliphatic rings. The van der Waals surface area contributed by atoms with Crippen molar-refractivity contribution in [1.29, 1.82) is 0 Å². The minimum Gasteiger partial charge on any atom is -0.316 e. The van der Waals surface area contributed by atoms with Crippen molar-refractivity contribution in [1.82, 2.24) is 15.3 Å². The Labute approximate surface area is 89.2 Å². The number of hydrogen-bond donors (Lipinski definition) is 1. The molecule has 1 aromatic carbocycles. The van der Waals surface area contributed by atoms with E-state index in [2.05, 4.69) is 39.6 Å². The third kappa shape index (κ3) is 2.39. The number of aromatic nitrogens is 2. The highest BCUT2D eigenvalue weighted by Gasteiger charge is 1.98. The molecule has 0 spiro atoms. The topological polar surface area (TPSA) is 37.8 Å². The third-order valence-corrected chi connectivity index (χ3v) is 2.19. The zero-order valence-corrected chi connectivity index (χ0v) is 8.64. The number of rotatable bonds is 3. The molecule has 76 valence electrons. The van der Waals surface area contributed by atoms with E-state index in [-0.39, 0.29) is 0 Å². The van der Waals surface area contributed by atoms with E-state index in [9.17, 15) is 0 Å². The van der Waals surface area contributed by atoms with Gasteiger partial charge in [-0.2, -0.15) is 0 Å². The summed E-state index contributed by atoms with van der Waals surface area (Å²) in [6, 6.07) is 8.33. The fourth-order valence-corrected chi connectivity index (χ4v) is 1.45. The van der Waals surface area contributed by atoms with Crippen LogP contribution >= 0.6 is 0 Å². The summed E-state index contributed by atoms with van der Waals surface area (Å²) in [6.07, 6.45) is 5.16. The van der Waals surface area contributed by atoms with Crippen molar-refractivity contribution in [2.24, 2.45) is 0 Å². The molecule has 2 aromatic rings. The van der Waals surface area contributed by atoms with Crippen LogP contribution in [0.2, 0.25) is 0 Å². The Morgan fingerprint density at radius 2 is 1.93 bits per heavy atom. The molecule has 0 fully saturated rings. The summed E-state index contributed by atoms with van der Waals surface area (Å²) in [6.45, 7) is 0.890. The average Bonchev–Trinajstić information content (AvgIpc) is 2.32. The van der Waals surface area contributed by atoms with Gasteiger partial charge in [-0.1, -0.05) is 24.3 Å². The molecular weight excluding hydrogens is 186 g/mol. The van der Waals surface area contributed by atoms with E-state index >= 15 is 0 Å². The number of nitrogens with zero attached hydrogens (tertiary/aromatic N) is 2. The molecule has 1 heterocycles. The lowest BCUT2D eigenvalue weighted by molar-refractivity contribution is 0.818. The molecule has 0 radical (unpaired) electrons. The van der Waals surface area contributed by atoms with Crippen LogP contribution in [0.5, 0.6) is 0 Å². The highest BCUT2D eigenvalue weighted by Crippen LogP contribution is 2.15. The van der Waals surface area contributed by atoms with Gasteiger partial charge >= 0.3 is 0 Å². The van der Waals surface area contributed by atoms with Crippen molar-refractivity contribution < 1.29 is 0 Å². The van der Waals surface area contributed by atoms with Gasteiger partial charge in [0.2, 0.25) is 0 Å². The Bertz CT molecular complexity index is 409. The molecule has 0 saturated carbocycles. The summed E-state index contributed by atoms with van der Waals surface area (Å²) < 4.78 is 0. The highest BCUT2D eigenvalue weighted by atomic mass is 14.8. The maximum atomic E-state index is 4.25. The first-order valence-corrected chi connectivity index (χ1v) is 4.90. The van der Waals surface area contributed by atoms with E-state index in [4.69, 9.17) is 0 Å². The molecular formula is C12H13N3. The Morgan fingerprint density at radius 3 is 2.53 bits per heavy atom. The van der Waals surface area contributed by atoms with Crippen molar-refractivity contribution >= 4 is 0 Å². The summed E-state index contributed by atoms with van der Waals surface area (Å²) in [5.74, 6) is 0. The van der Waals surface area contributed by atoms with Crippen molar-refractivity contribution in [2.45, 2.75) is 6.54 Å². The SMILES string of the molecule is CNCc1ccc(-c2cnccn2)cc1. The van der Waals surface area contributed by atoms with Gasteiger partial charge in [-0.3, -0.25) is 9.97 Å². The predicted octanol–water partition coefficient (Wildman–Crippen LogP) is 1.86. The Kier molecular flexibility index (Phi) is 3.05. The van der Waals surface area contributed by atoms with Gasteiger partial charge in [0.25, 0.3) is 0 Å². The summed E-state index contributed by atoms with van der Waals surface area (Å²) in [7, 11) is 1.94. The van der Waals surface area contributed by atoms with Crippen molar-refractivity contribution in [3.8, 4) is 11.3 Å². The molecule has 0 bridgehead atoms. The van der Waals surface area contributed by atoms with E-state index in [0.29, 0.717) is 0 Å². The van der Waals surface area contributed by atoms with Gasteiger partial charge in [0.1, 0.15) is 0 Å². The molecule has 15 heavy (non-hydrogen) atoms. The van der Waals surface area contributed by atoms with Crippen molar-refractivity contribution in [2.75, 3.05) is 7.05 Å². The van der Waals surface area contributed by atoms with E-state index in [1.807, 2.05) is 7.05 Å². The van der Waals surface area contributed by atoms with E-state index in [0.717, 1.165) is 17.8 Å². The van der Waals surface area contributed by atoms with Crippen LogP contribution in [0.4, 0.5) is 0 Å². The van der Waals surface area contributed by atoms with Gasteiger partial charge in [-0.15, -0.1) is 0 Å². The lowest BCUT2D eigenvalue weighted by Crippen LogP contribution is -2.04. The Morgan fingerprint density at radius 1 is 1.13 bits per heavy atom. The second kappa shape index (κ2) is 4.66. The van der Waals surface area contributed by atoms with Gasteiger partial charge in [0.05, 0.1) is 11.9 Å². The summed E-state index contributed by atoms with van der Waals surface area (Å²) >= 11 is 0. The number of hydrogen-bond acceptors (Lipinski definition) is 3. The van der Waals surface area contributed by atoms with Crippen LogP contribution in [0.25, 0.3) is 11.3 Å². The monoisotopic (exact) mass is 199 g/mol. The number of nitrogens with one attached hydrogen (secondary N) is 1. The summed E-state index contributed by atoms with van der Waals surface area (Å²) in [5, 5.41) is 3.12. The van der Waals surface area contributed by atoms with E-state index in [1.54, 1.807) is 18.6 Å². The zero-order valence-electron chi connectivity index (χ0n) is 8.64. The molecule has 0 unspecified atom stereocenters. The van der Waals surface area contributed by atoms with Gasteiger partial charge in [0, 0.05) is 24.5 Å². The molecule has 0 aliphatic heterocycles. The fourth-order valence-electron chi connectivity index (χ4n) is 1.45. The normalized spacial score (nSPS) is 10.2. The van der Waals surface area contributed by atoms with Crippen LogP contribution in [-0.2, 0) is 6.54 Å². The van der Waals surface area contributed by atoms with Crippen LogP contribution in [0.15, 0.2) is 42.9 Å². The van der Waals surface area contributed by atoms with E-state index in [1.165, 1.54) is 5.56 Å². The Hall–Kier alpha value is -1.74.